The molecule has 3 aromatic rings. The standard InChI is InChI=1S/C20H10F9NO2/c21-18(22,23)17-14(13-6-2-4-8-16(13)32-20(27,28)29)9-11(10-30-17)12-5-1-3-7-15(12)31-19(24,25)26/h1-10H. The lowest BCUT2D eigenvalue weighted by atomic mass is 9.97. The summed E-state index contributed by atoms with van der Waals surface area (Å²) >= 11 is 0. The number of benzene rings is 2. The average molecular weight is 467 g/mol. The third-order valence-corrected chi connectivity index (χ3v) is 3.98. The van der Waals surface area contributed by atoms with E-state index in [4.69, 9.17) is 0 Å². The first-order valence-corrected chi connectivity index (χ1v) is 8.52. The molecule has 3 nitrogen and oxygen atoms in total. The van der Waals surface area contributed by atoms with Crippen molar-refractivity contribution in [2.75, 3.05) is 0 Å². The van der Waals surface area contributed by atoms with Crippen molar-refractivity contribution < 1.29 is 49.0 Å². The quantitative estimate of drug-likeness (QED) is 0.380. The highest BCUT2D eigenvalue weighted by atomic mass is 19.4. The molecule has 0 aliphatic heterocycles. The summed E-state index contributed by atoms with van der Waals surface area (Å²) in [6.07, 6.45) is -14.7. The molecule has 0 spiro atoms. The molecule has 0 bridgehead atoms. The van der Waals surface area contributed by atoms with Crippen LogP contribution in [0, 0.1) is 0 Å². The largest absolute Gasteiger partial charge is 0.573 e. The molecule has 32 heavy (non-hydrogen) atoms. The molecular weight excluding hydrogens is 457 g/mol. The van der Waals surface area contributed by atoms with Crippen LogP contribution in [0.2, 0.25) is 0 Å². The Morgan fingerprint density at radius 2 is 1.06 bits per heavy atom. The van der Waals surface area contributed by atoms with Gasteiger partial charge in [-0.15, -0.1) is 26.3 Å². The zero-order chi connectivity index (χ0) is 23.7. The number of hydrogen-bond donors (Lipinski definition) is 0. The maximum atomic E-state index is 13.5. The molecule has 0 fully saturated rings. The molecule has 2 aromatic carbocycles. The molecule has 0 saturated heterocycles. The molecule has 0 unspecified atom stereocenters. The van der Waals surface area contributed by atoms with Gasteiger partial charge in [-0.2, -0.15) is 13.2 Å². The van der Waals surface area contributed by atoms with E-state index >= 15 is 0 Å². The first-order valence-electron chi connectivity index (χ1n) is 8.52. The molecular formula is C20H10F9NO2. The Labute approximate surface area is 174 Å². The minimum Gasteiger partial charge on any atom is -0.405 e. The minimum absolute atomic E-state index is 0.255. The highest BCUT2D eigenvalue weighted by molar-refractivity contribution is 5.79. The second-order valence-corrected chi connectivity index (χ2v) is 6.21. The van der Waals surface area contributed by atoms with Crippen molar-refractivity contribution in [3.63, 3.8) is 0 Å². The summed E-state index contributed by atoms with van der Waals surface area (Å²) < 4.78 is 125. The number of aromatic nitrogens is 1. The van der Waals surface area contributed by atoms with Crippen molar-refractivity contribution >= 4 is 0 Å². The number of hydrogen-bond acceptors (Lipinski definition) is 3. The number of pyridine rings is 1. The summed E-state index contributed by atoms with van der Waals surface area (Å²) in [5.74, 6) is -1.67. The van der Waals surface area contributed by atoms with E-state index in [2.05, 4.69) is 14.5 Å². The van der Waals surface area contributed by atoms with Crippen molar-refractivity contribution in [2.24, 2.45) is 0 Å². The molecule has 1 aromatic heterocycles. The molecule has 12 heteroatoms. The summed E-state index contributed by atoms with van der Waals surface area (Å²) in [5.41, 5.74) is -3.51. The van der Waals surface area contributed by atoms with Gasteiger partial charge in [0.1, 0.15) is 11.5 Å². The third kappa shape index (κ3) is 5.62. The Kier molecular flexibility index (Phi) is 5.98. The SMILES string of the molecule is FC(F)(F)Oc1ccccc1-c1cnc(C(F)(F)F)c(-c2ccccc2OC(F)(F)F)c1. The molecule has 0 N–H and O–H groups in total. The number of nitrogens with zero attached hydrogens (tertiary/aromatic N) is 1. The Morgan fingerprint density at radius 1 is 0.594 bits per heavy atom. The first kappa shape index (κ1) is 23.2. The molecule has 0 atom stereocenters. The van der Waals surface area contributed by atoms with Crippen LogP contribution in [0.15, 0.2) is 60.8 Å². The Balaban J connectivity index is 2.23. The summed E-state index contributed by atoms with van der Waals surface area (Å²) in [7, 11) is 0. The summed E-state index contributed by atoms with van der Waals surface area (Å²) in [6, 6.07) is 9.37. The predicted octanol–water partition coefficient (Wildman–Crippen LogP) is 7.23. The number of halogens is 9. The summed E-state index contributed by atoms with van der Waals surface area (Å²) in [6.45, 7) is 0. The van der Waals surface area contributed by atoms with Gasteiger partial charge in [0.25, 0.3) is 0 Å². The summed E-state index contributed by atoms with van der Waals surface area (Å²) in [5, 5.41) is 0. The number of rotatable bonds is 4. The van der Waals surface area contributed by atoms with Gasteiger partial charge in [0.05, 0.1) is 0 Å². The molecule has 0 amide bonds. The van der Waals surface area contributed by atoms with Gasteiger partial charge in [-0.3, -0.25) is 4.98 Å². The number of para-hydroxylation sites is 2. The van der Waals surface area contributed by atoms with Crippen molar-refractivity contribution in [3.8, 4) is 33.8 Å². The maximum absolute atomic E-state index is 13.5. The lowest BCUT2D eigenvalue weighted by Gasteiger charge is -2.18. The topological polar surface area (TPSA) is 31.4 Å². The lowest BCUT2D eigenvalue weighted by Crippen LogP contribution is -2.18. The van der Waals surface area contributed by atoms with Gasteiger partial charge in [0.2, 0.25) is 0 Å². The highest BCUT2D eigenvalue weighted by Gasteiger charge is 2.38. The van der Waals surface area contributed by atoms with E-state index in [0.717, 1.165) is 36.4 Å². The summed E-state index contributed by atoms with van der Waals surface area (Å²) in [4.78, 5) is 3.28. The van der Waals surface area contributed by atoms with E-state index in [-0.39, 0.29) is 11.1 Å². The molecule has 3 rings (SSSR count). The van der Waals surface area contributed by atoms with Crippen molar-refractivity contribution in [3.05, 3.63) is 66.5 Å². The third-order valence-electron chi connectivity index (χ3n) is 3.98. The molecule has 0 saturated carbocycles. The van der Waals surface area contributed by atoms with Crippen LogP contribution in [0.3, 0.4) is 0 Å². The van der Waals surface area contributed by atoms with Gasteiger partial charge in [-0.05, 0) is 18.2 Å². The molecule has 1 heterocycles. The van der Waals surface area contributed by atoms with Gasteiger partial charge in [-0.1, -0.05) is 36.4 Å². The fraction of sp³-hybridized carbons (Fsp3) is 0.150. The van der Waals surface area contributed by atoms with Crippen molar-refractivity contribution in [1.29, 1.82) is 0 Å². The van der Waals surface area contributed by atoms with Gasteiger partial charge in [-0.25, -0.2) is 0 Å². The Bertz CT molecular complexity index is 1110. The van der Waals surface area contributed by atoms with E-state index in [1.807, 2.05) is 0 Å². The zero-order valence-corrected chi connectivity index (χ0v) is 15.4. The van der Waals surface area contributed by atoms with Crippen molar-refractivity contribution in [1.82, 2.24) is 4.98 Å². The van der Waals surface area contributed by atoms with E-state index in [1.54, 1.807) is 0 Å². The van der Waals surface area contributed by atoms with Crippen LogP contribution >= 0.6 is 0 Å². The average Bonchev–Trinajstić information content (AvgIpc) is 2.65. The second-order valence-electron chi connectivity index (χ2n) is 6.21. The fourth-order valence-electron chi connectivity index (χ4n) is 2.86. The Morgan fingerprint density at radius 3 is 1.56 bits per heavy atom. The lowest BCUT2D eigenvalue weighted by molar-refractivity contribution is -0.275. The van der Waals surface area contributed by atoms with Crippen LogP contribution in [-0.2, 0) is 6.18 Å². The fourth-order valence-corrected chi connectivity index (χ4v) is 2.86. The molecule has 0 aliphatic rings. The number of alkyl halides is 9. The highest BCUT2D eigenvalue weighted by Crippen LogP contribution is 2.43. The van der Waals surface area contributed by atoms with E-state index < -0.39 is 47.2 Å². The van der Waals surface area contributed by atoms with Crippen molar-refractivity contribution in [2.45, 2.75) is 18.9 Å². The molecule has 0 aliphatic carbocycles. The molecule has 170 valence electrons. The van der Waals surface area contributed by atoms with Gasteiger partial charge < -0.3 is 9.47 Å². The van der Waals surface area contributed by atoms with E-state index in [1.165, 1.54) is 18.2 Å². The second kappa shape index (κ2) is 8.24. The smallest absolute Gasteiger partial charge is 0.405 e. The van der Waals surface area contributed by atoms with Crippen LogP contribution in [0.25, 0.3) is 22.3 Å². The van der Waals surface area contributed by atoms with E-state index in [0.29, 0.717) is 6.20 Å². The minimum atomic E-state index is -5.20. The van der Waals surface area contributed by atoms with Crippen LogP contribution in [0.1, 0.15) is 5.69 Å². The van der Waals surface area contributed by atoms with E-state index in [9.17, 15) is 39.5 Å². The van der Waals surface area contributed by atoms with Gasteiger partial charge in [0.15, 0.2) is 5.69 Å². The van der Waals surface area contributed by atoms with Crippen LogP contribution in [-0.4, -0.2) is 17.7 Å². The number of ether oxygens (including phenoxy) is 2. The normalized spacial score (nSPS) is 12.5. The van der Waals surface area contributed by atoms with Crippen LogP contribution in [0.4, 0.5) is 39.5 Å². The monoisotopic (exact) mass is 467 g/mol. The molecule has 0 radical (unpaired) electrons. The van der Waals surface area contributed by atoms with Crippen LogP contribution < -0.4 is 9.47 Å². The maximum Gasteiger partial charge on any atom is 0.573 e. The zero-order valence-electron chi connectivity index (χ0n) is 15.4. The Hall–Kier alpha value is -3.44. The van der Waals surface area contributed by atoms with Gasteiger partial charge >= 0.3 is 18.9 Å². The van der Waals surface area contributed by atoms with Gasteiger partial charge in [0, 0.05) is 28.5 Å². The first-order chi connectivity index (χ1) is 14.7. The van der Waals surface area contributed by atoms with Crippen LogP contribution in [0.5, 0.6) is 11.5 Å². The predicted molar refractivity (Wildman–Crippen MR) is 93.5 cm³/mol.